The van der Waals surface area contributed by atoms with Gasteiger partial charge >= 0.3 is 0 Å². The molecule has 19 heavy (non-hydrogen) atoms. The van der Waals surface area contributed by atoms with Crippen LogP contribution in [-0.4, -0.2) is 32.3 Å². The molecule has 0 aliphatic heterocycles. The number of rotatable bonds is 7. The molecular formula is C14H19N3OS. The number of ether oxygens (including phenoxy) is 1. The van der Waals surface area contributed by atoms with E-state index in [2.05, 4.69) is 27.3 Å². The van der Waals surface area contributed by atoms with Gasteiger partial charge in [0.25, 0.3) is 0 Å². The second-order valence-electron chi connectivity index (χ2n) is 4.17. The van der Waals surface area contributed by atoms with Crippen LogP contribution in [0.15, 0.2) is 36.5 Å². The monoisotopic (exact) mass is 277 g/mol. The zero-order chi connectivity index (χ0) is 13.5. The van der Waals surface area contributed by atoms with Crippen molar-refractivity contribution in [1.82, 2.24) is 10.3 Å². The minimum absolute atomic E-state index is 0.732. The predicted molar refractivity (Wildman–Crippen MR) is 80.2 cm³/mol. The minimum Gasteiger partial charge on any atom is -0.383 e. The molecule has 0 bridgehead atoms. The van der Waals surface area contributed by atoms with Gasteiger partial charge in [0, 0.05) is 44.0 Å². The van der Waals surface area contributed by atoms with E-state index in [0.29, 0.717) is 0 Å². The van der Waals surface area contributed by atoms with Crippen molar-refractivity contribution in [2.75, 3.05) is 32.2 Å². The first kappa shape index (κ1) is 14.0. The summed E-state index contributed by atoms with van der Waals surface area (Å²) in [6.07, 6.45) is 1.93. The zero-order valence-corrected chi connectivity index (χ0v) is 12.1. The van der Waals surface area contributed by atoms with E-state index in [-0.39, 0.29) is 0 Å². The highest BCUT2D eigenvalue weighted by Crippen LogP contribution is 2.27. The standard InChI is InChI=1S/C14H19N3OS/c1-17(12-6-4-3-5-7-12)14-16-11-13(19-14)10-15-8-9-18-2/h3-7,11,15H,8-10H2,1-2H3. The van der Waals surface area contributed by atoms with Crippen LogP contribution in [0.25, 0.3) is 0 Å². The molecule has 4 nitrogen and oxygen atoms in total. The van der Waals surface area contributed by atoms with Crippen molar-refractivity contribution in [1.29, 1.82) is 0 Å². The van der Waals surface area contributed by atoms with E-state index < -0.39 is 0 Å². The van der Waals surface area contributed by atoms with Crippen molar-refractivity contribution in [3.05, 3.63) is 41.4 Å². The normalized spacial score (nSPS) is 10.6. The highest BCUT2D eigenvalue weighted by atomic mass is 32.1. The fraction of sp³-hybridized carbons (Fsp3) is 0.357. The molecule has 0 fully saturated rings. The number of para-hydroxylation sites is 1. The van der Waals surface area contributed by atoms with Crippen LogP contribution in [0.1, 0.15) is 4.88 Å². The number of nitrogens with one attached hydrogen (secondary N) is 1. The Balaban J connectivity index is 1.93. The Labute approximate surface area is 118 Å². The van der Waals surface area contributed by atoms with Crippen molar-refractivity contribution in [3.63, 3.8) is 0 Å². The van der Waals surface area contributed by atoms with E-state index in [9.17, 15) is 0 Å². The quantitative estimate of drug-likeness (QED) is 0.790. The van der Waals surface area contributed by atoms with Gasteiger partial charge in [-0.2, -0.15) is 0 Å². The maximum Gasteiger partial charge on any atom is 0.189 e. The number of benzene rings is 1. The number of hydrogen-bond acceptors (Lipinski definition) is 5. The smallest absolute Gasteiger partial charge is 0.189 e. The van der Waals surface area contributed by atoms with Crippen LogP contribution in [0.2, 0.25) is 0 Å². The molecule has 1 aromatic heterocycles. The third-order valence-corrected chi connectivity index (χ3v) is 3.83. The largest absolute Gasteiger partial charge is 0.383 e. The Hall–Kier alpha value is -1.43. The highest BCUT2D eigenvalue weighted by molar-refractivity contribution is 7.15. The van der Waals surface area contributed by atoms with Gasteiger partial charge in [0.05, 0.1) is 6.61 Å². The third kappa shape index (κ3) is 4.02. The summed E-state index contributed by atoms with van der Waals surface area (Å²) in [5.41, 5.74) is 1.15. The predicted octanol–water partition coefficient (Wildman–Crippen LogP) is 2.65. The van der Waals surface area contributed by atoms with E-state index >= 15 is 0 Å². The summed E-state index contributed by atoms with van der Waals surface area (Å²) in [4.78, 5) is 7.80. The fourth-order valence-electron chi connectivity index (χ4n) is 1.68. The van der Waals surface area contributed by atoms with E-state index in [1.54, 1.807) is 18.4 Å². The molecule has 0 amide bonds. The van der Waals surface area contributed by atoms with Gasteiger partial charge in [0.15, 0.2) is 5.13 Å². The fourth-order valence-corrected chi connectivity index (χ4v) is 2.54. The molecule has 0 atom stereocenters. The summed E-state index contributed by atoms with van der Waals surface area (Å²) in [5.74, 6) is 0. The molecule has 0 spiro atoms. The van der Waals surface area contributed by atoms with Crippen LogP contribution in [0.5, 0.6) is 0 Å². The Morgan fingerprint density at radius 1 is 1.32 bits per heavy atom. The van der Waals surface area contributed by atoms with Crippen molar-refractivity contribution >= 4 is 22.2 Å². The maximum absolute atomic E-state index is 5.00. The lowest BCUT2D eigenvalue weighted by Crippen LogP contribution is -2.17. The molecule has 102 valence electrons. The summed E-state index contributed by atoms with van der Waals surface area (Å²) in [6, 6.07) is 10.2. The van der Waals surface area contributed by atoms with E-state index in [4.69, 9.17) is 4.74 Å². The summed E-state index contributed by atoms with van der Waals surface area (Å²) in [5, 5.41) is 4.33. The number of nitrogens with zero attached hydrogens (tertiary/aromatic N) is 2. The maximum atomic E-state index is 5.00. The van der Waals surface area contributed by atoms with E-state index in [0.717, 1.165) is 30.5 Å². The lowest BCUT2D eigenvalue weighted by Gasteiger charge is -2.15. The molecule has 0 saturated carbocycles. The van der Waals surface area contributed by atoms with Crippen LogP contribution >= 0.6 is 11.3 Å². The Morgan fingerprint density at radius 3 is 2.84 bits per heavy atom. The number of aromatic nitrogens is 1. The summed E-state index contributed by atoms with van der Waals surface area (Å²) >= 11 is 1.71. The topological polar surface area (TPSA) is 37.4 Å². The molecule has 0 aliphatic rings. The number of methoxy groups -OCH3 is 1. The van der Waals surface area contributed by atoms with Crippen LogP contribution in [-0.2, 0) is 11.3 Å². The second-order valence-corrected chi connectivity index (χ2v) is 5.27. The molecule has 0 saturated heterocycles. The van der Waals surface area contributed by atoms with Crippen LogP contribution < -0.4 is 10.2 Å². The average Bonchev–Trinajstić information content (AvgIpc) is 2.92. The molecule has 1 aromatic carbocycles. The second kappa shape index (κ2) is 7.23. The summed E-state index contributed by atoms with van der Waals surface area (Å²) < 4.78 is 5.00. The van der Waals surface area contributed by atoms with Crippen LogP contribution in [0.4, 0.5) is 10.8 Å². The van der Waals surface area contributed by atoms with Gasteiger partial charge in [0.1, 0.15) is 0 Å². The van der Waals surface area contributed by atoms with Gasteiger partial charge < -0.3 is 15.0 Å². The highest BCUT2D eigenvalue weighted by Gasteiger charge is 2.08. The molecule has 0 radical (unpaired) electrons. The van der Waals surface area contributed by atoms with Gasteiger partial charge in [-0.3, -0.25) is 0 Å². The molecule has 2 rings (SSSR count). The Bertz CT molecular complexity index is 486. The Morgan fingerprint density at radius 2 is 2.11 bits per heavy atom. The SMILES string of the molecule is COCCNCc1cnc(N(C)c2ccccc2)s1. The average molecular weight is 277 g/mol. The van der Waals surface area contributed by atoms with Crippen molar-refractivity contribution in [3.8, 4) is 0 Å². The molecule has 1 heterocycles. The van der Waals surface area contributed by atoms with Crippen molar-refractivity contribution in [2.24, 2.45) is 0 Å². The summed E-state index contributed by atoms with van der Waals surface area (Å²) in [6.45, 7) is 2.43. The first-order valence-corrected chi connectivity index (χ1v) is 7.06. The van der Waals surface area contributed by atoms with Crippen molar-refractivity contribution in [2.45, 2.75) is 6.54 Å². The molecule has 5 heteroatoms. The van der Waals surface area contributed by atoms with Gasteiger partial charge in [-0.1, -0.05) is 18.2 Å². The van der Waals surface area contributed by atoms with Crippen molar-refractivity contribution < 1.29 is 4.74 Å². The number of anilines is 2. The summed E-state index contributed by atoms with van der Waals surface area (Å²) in [7, 11) is 3.75. The van der Waals surface area contributed by atoms with Gasteiger partial charge in [0.2, 0.25) is 0 Å². The molecule has 0 aliphatic carbocycles. The zero-order valence-electron chi connectivity index (χ0n) is 11.3. The first-order chi connectivity index (χ1) is 9.31. The molecule has 2 aromatic rings. The number of thiazole rings is 1. The lowest BCUT2D eigenvalue weighted by atomic mass is 10.3. The lowest BCUT2D eigenvalue weighted by molar-refractivity contribution is 0.199. The van der Waals surface area contributed by atoms with Gasteiger partial charge in [-0.25, -0.2) is 4.98 Å². The molecule has 1 N–H and O–H groups in total. The van der Waals surface area contributed by atoms with Gasteiger partial charge in [-0.05, 0) is 12.1 Å². The van der Waals surface area contributed by atoms with Gasteiger partial charge in [-0.15, -0.1) is 11.3 Å². The Kier molecular flexibility index (Phi) is 5.32. The van der Waals surface area contributed by atoms with Crippen LogP contribution in [0.3, 0.4) is 0 Å². The van der Waals surface area contributed by atoms with Crippen LogP contribution in [0, 0.1) is 0 Å². The van der Waals surface area contributed by atoms with E-state index in [1.165, 1.54) is 4.88 Å². The molecular weight excluding hydrogens is 258 g/mol. The van der Waals surface area contributed by atoms with E-state index in [1.807, 2.05) is 31.4 Å². The molecule has 0 unspecified atom stereocenters. The third-order valence-electron chi connectivity index (χ3n) is 2.75. The number of hydrogen-bond donors (Lipinski definition) is 1. The minimum atomic E-state index is 0.732. The first-order valence-electron chi connectivity index (χ1n) is 6.24.